The summed E-state index contributed by atoms with van der Waals surface area (Å²) in [7, 11) is 0. The Balaban J connectivity index is 1.35. The Kier molecular flexibility index (Phi) is 6.18. The number of rotatable bonds is 5. The average molecular weight is 429 g/mol. The monoisotopic (exact) mass is 428 g/mol. The molecule has 1 spiro atoms. The Morgan fingerprint density at radius 3 is 2.94 bits per heavy atom. The molecule has 0 saturated carbocycles. The molecule has 0 aliphatic carbocycles. The lowest BCUT2D eigenvalue weighted by Crippen LogP contribution is -2.56. The van der Waals surface area contributed by atoms with E-state index in [2.05, 4.69) is 22.5 Å². The molecule has 8 nitrogen and oxygen atoms in total. The first-order valence-corrected chi connectivity index (χ1v) is 11.3. The van der Waals surface area contributed by atoms with E-state index in [-0.39, 0.29) is 30.7 Å². The molecule has 3 aliphatic rings. The summed E-state index contributed by atoms with van der Waals surface area (Å²) in [4.78, 5) is 41.8. The van der Waals surface area contributed by atoms with Gasteiger partial charge in [-0.15, -0.1) is 0 Å². The van der Waals surface area contributed by atoms with Gasteiger partial charge >= 0.3 is 0 Å². The maximum atomic E-state index is 12.7. The Hall–Kier alpha value is -2.61. The van der Waals surface area contributed by atoms with Gasteiger partial charge in [-0.3, -0.25) is 19.3 Å². The van der Waals surface area contributed by atoms with E-state index in [1.165, 1.54) is 0 Å². The number of fused-ring (bicyclic) bond motifs is 1. The first-order valence-electron chi connectivity index (χ1n) is 11.3. The number of nitrogens with one attached hydrogen (secondary N) is 2. The quantitative estimate of drug-likeness (QED) is 0.740. The molecular weight excluding hydrogens is 396 g/mol. The normalized spacial score (nSPS) is 26.3. The topological polar surface area (TPSA) is 91.0 Å². The van der Waals surface area contributed by atoms with Gasteiger partial charge in [0.25, 0.3) is 5.91 Å². The van der Waals surface area contributed by atoms with Crippen LogP contribution in [0.4, 0.5) is 0 Å². The van der Waals surface area contributed by atoms with Gasteiger partial charge in [0, 0.05) is 38.4 Å². The number of nitrogens with zero attached hydrogens (tertiary/aromatic N) is 2. The minimum absolute atomic E-state index is 0.0392. The fourth-order valence-electron chi connectivity index (χ4n) is 4.85. The molecule has 0 radical (unpaired) electrons. The highest BCUT2D eigenvalue weighted by molar-refractivity contribution is 5.98. The molecule has 3 aliphatic heterocycles. The van der Waals surface area contributed by atoms with Crippen LogP contribution >= 0.6 is 0 Å². The molecule has 3 heterocycles. The number of aryl methyl sites for hydroxylation is 1. The molecule has 31 heavy (non-hydrogen) atoms. The highest BCUT2D eigenvalue weighted by atomic mass is 16.5. The van der Waals surface area contributed by atoms with Crippen molar-refractivity contribution in [3.05, 3.63) is 29.3 Å². The van der Waals surface area contributed by atoms with Crippen LogP contribution in [-0.4, -0.2) is 72.0 Å². The summed E-state index contributed by atoms with van der Waals surface area (Å²) < 4.78 is 6.19. The summed E-state index contributed by atoms with van der Waals surface area (Å²) in [5.74, 6) is 0.142. The number of ether oxygens (including phenoxy) is 1. The lowest BCUT2D eigenvalue weighted by atomic mass is 9.99. The Labute approximate surface area is 183 Å². The highest BCUT2D eigenvalue weighted by Crippen LogP contribution is 2.34. The lowest BCUT2D eigenvalue weighted by Gasteiger charge is -2.38. The summed E-state index contributed by atoms with van der Waals surface area (Å²) in [5, 5.41) is 5.98. The Bertz CT molecular complexity index is 873. The Morgan fingerprint density at radius 2 is 2.13 bits per heavy atom. The van der Waals surface area contributed by atoms with Crippen molar-refractivity contribution in [2.45, 2.75) is 57.7 Å². The maximum absolute atomic E-state index is 12.7. The smallest absolute Gasteiger partial charge is 0.258 e. The minimum atomic E-state index is -0.911. The third kappa shape index (κ3) is 4.69. The number of amides is 3. The van der Waals surface area contributed by atoms with Crippen molar-refractivity contribution in [1.29, 1.82) is 0 Å². The predicted molar refractivity (Wildman–Crippen MR) is 116 cm³/mol. The molecule has 2 N–H and O–H groups in total. The molecule has 8 heteroatoms. The zero-order chi connectivity index (χ0) is 22.0. The van der Waals surface area contributed by atoms with Crippen LogP contribution in [0.15, 0.2) is 18.2 Å². The number of hydrogen-bond donors (Lipinski definition) is 2. The number of likely N-dealkylation sites (N-methyl/N-ethyl adjacent to an activating group) is 1. The molecule has 3 amide bonds. The van der Waals surface area contributed by atoms with Crippen molar-refractivity contribution in [3.8, 4) is 5.75 Å². The summed E-state index contributed by atoms with van der Waals surface area (Å²) in [5.41, 5.74) is 0.595. The van der Waals surface area contributed by atoms with Crippen molar-refractivity contribution in [2.75, 3.05) is 32.7 Å². The van der Waals surface area contributed by atoms with Gasteiger partial charge in [-0.1, -0.05) is 18.6 Å². The third-order valence-electron chi connectivity index (χ3n) is 6.68. The van der Waals surface area contributed by atoms with Crippen LogP contribution in [0, 0.1) is 6.92 Å². The van der Waals surface area contributed by atoms with E-state index in [0.717, 1.165) is 31.5 Å². The zero-order valence-electron chi connectivity index (χ0n) is 18.4. The van der Waals surface area contributed by atoms with Crippen molar-refractivity contribution in [2.24, 2.45) is 0 Å². The average Bonchev–Trinajstić information content (AvgIpc) is 3.16. The van der Waals surface area contributed by atoms with Gasteiger partial charge in [-0.05, 0) is 45.0 Å². The van der Waals surface area contributed by atoms with Crippen LogP contribution in [-0.2, 0) is 9.59 Å². The van der Waals surface area contributed by atoms with Crippen molar-refractivity contribution < 1.29 is 19.1 Å². The first-order chi connectivity index (χ1) is 14.9. The molecule has 4 rings (SSSR count). The van der Waals surface area contributed by atoms with Crippen LogP contribution in [0.3, 0.4) is 0 Å². The number of benzene rings is 1. The highest BCUT2D eigenvalue weighted by Gasteiger charge is 2.42. The van der Waals surface area contributed by atoms with E-state index < -0.39 is 5.72 Å². The number of hydrogen-bond acceptors (Lipinski definition) is 5. The van der Waals surface area contributed by atoms with E-state index in [1.807, 2.05) is 19.1 Å². The van der Waals surface area contributed by atoms with Gasteiger partial charge in [0.15, 0.2) is 5.72 Å². The minimum Gasteiger partial charge on any atom is -0.467 e. The Morgan fingerprint density at radius 1 is 1.29 bits per heavy atom. The lowest BCUT2D eigenvalue weighted by molar-refractivity contribution is -0.135. The van der Waals surface area contributed by atoms with E-state index in [1.54, 1.807) is 11.0 Å². The van der Waals surface area contributed by atoms with Gasteiger partial charge in [0.05, 0.1) is 12.1 Å². The SMILES string of the molecule is CCN1CCC[C@@H]1CNC(=O)CN1CC[C@]2(CCC1=O)NC(=O)c1cc(C)ccc1O2. The largest absolute Gasteiger partial charge is 0.467 e. The molecule has 2 fully saturated rings. The molecule has 168 valence electrons. The van der Waals surface area contributed by atoms with Gasteiger partial charge in [0.2, 0.25) is 11.8 Å². The van der Waals surface area contributed by atoms with E-state index >= 15 is 0 Å². The molecular formula is C23H32N4O4. The molecule has 0 bridgehead atoms. The van der Waals surface area contributed by atoms with Gasteiger partial charge in [-0.2, -0.15) is 0 Å². The third-order valence-corrected chi connectivity index (χ3v) is 6.68. The molecule has 2 saturated heterocycles. The summed E-state index contributed by atoms with van der Waals surface area (Å²) in [6.07, 6.45) is 3.31. The molecule has 2 atom stereocenters. The second kappa shape index (κ2) is 8.86. The van der Waals surface area contributed by atoms with E-state index in [9.17, 15) is 14.4 Å². The van der Waals surface area contributed by atoms with Crippen molar-refractivity contribution >= 4 is 17.7 Å². The standard InChI is InChI=1S/C23H32N4O4/c1-3-26-11-4-5-17(26)14-24-20(28)15-27-12-10-23(9-8-21(27)29)25-22(30)18-13-16(2)6-7-19(18)31-23/h6-7,13,17H,3-5,8-12,14-15H2,1-2H3,(H,24,28)(H,25,30)/t17-,23-/m1/s1. The van der Waals surface area contributed by atoms with Crippen molar-refractivity contribution in [1.82, 2.24) is 20.4 Å². The summed E-state index contributed by atoms with van der Waals surface area (Å²) in [6, 6.07) is 5.91. The molecule has 0 unspecified atom stereocenters. The first kappa shape index (κ1) is 21.6. The number of carbonyl (C=O) groups is 3. The predicted octanol–water partition coefficient (Wildman–Crippen LogP) is 1.43. The van der Waals surface area contributed by atoms with Crippen LogP contribution in [0.1, 0.15) is 54.9 Å². The van der Waals surface area contributed by atoms with E-state index in [4.69, 9.17) is 4.74 Å². The molecule has 1 aromatic carbocycles. The van der Waals surface area contributed by atoms with Gasteiger partial charge < -0.3 is 20.3 Å². The molecule has 1 aromatic rings. The van der Waals surface area contributed by atoms with Gasteiger partial charge in [-0.25, -0.2) is 0 Å². The fourth-order valence-corrected chi connectivity index (χ4v) is 4.85. The second-order valence-electron chi connectivity index (χ2n) is 8.84. The second-order valence-corrected chi connectivity index (χ2v) is 8.84. The van der Waals surface area contributed by atoms with E-state index in [0.29, 0.717) is 43.3 Å². The number of carbonyl (C=O) groups excluding carboxylic acids is 3. The zero-order valence-corrected chi connectivity index (χ0v) is 18.4. The summed E-state index contributed by atoms with van der Waals surface area (Å²) in [6.45, 7) is 7.15. The maximum Gasteiger partial charge on any atom is 0.258 e. The van der Waals surface area contributed by atoms with Crippen LogP contribution in [0.2, 0.25) is 0 Å². The van der Waals surface area contributed by atoms with Crippen molar-refractivity contribution in [3.63, 3.8) is 0 Å². The van der Waals surface area contributed by atoms with Crippen LogP contribution in [0.5, 0.6) is 5.75 Å². The number of likely N-dealkylation sites (tertiary alicyclic amines) is 2. The molecule has 0 aromatic heterocycles. The fraction of sp³-hybridized carbons (Fsp3) is 0.609. The van der Waals surface area contributed by atoms with Crippen LogP contribution < -0.4 is 15.4 Å². The van der Waals surface area contributed by atoms with Gasteiger partial charge in [0.1, 0.15) is 5.75 Å². The summed E-state index contributed by atoms with van der Waals surface area (Å²) >= 11 is 0. The van der Waals surface area contributed by atoms with Crippen LogP contribution in [0.25, 0.3) is 0 Å².